The van der Waals surface area contributed by atoms with E-state index in [0.29, 0.717) is 16.7 Å². The molecule has 0 aliphatic carbocycles. The van der Waals surface area contributed by atoms with Gasteiger partial charge in [0.25, 0.3) is 0 Å². The molecule has 0 amide bonds. The van der Waals surface area contributed by atoms with Crippen LogP contribution < -0.4 is 5.32 Å². The summed E-state index contributed by atoms with van der Waals surface area (Å²) in [4.78, 5) is 6.04. The van der Waals surface area contributed by atoms with Crippen LogP contribution in [0.25, 0.3) is 0 Å². The lowest BCUT2D eigenvalue weighted by Crippen LogP contribution is -2.38. The molecular weight excluding hydrogens is 200 g/mol. The Morgan fingerprint density at radius 3 is 2.71 bits per heavy atom. The Morgan fingerprint density at radius 1 is 1.50 bits per heavy atom. The van der Waals surface area contributed by atoms with Gasteiger partial charge in [0, 0.05) is 13.0 Å². The van der Waals surface area contributed by atoms with Crippen LogP contribution in [0.5, 0.6) is 0 Å². The highest BCUT2D eigenvalue weighted by molar-refractivity contribution is 7.66. The Balaban J connectivity index is 2.13. The summed E-state index contributed by atoms with van der Waals surface area (Å²) in [5.41, 5.74) is 0.300. The molecule has 80 valence electrons. The molecule has 0 unspecified atom stereocenters. The van der Waals surface area contributed by atoms with E-state index < -0.39 is 0 Å². The van der Waals surface area contributed by atoms with E-state index in [9.17, 15) is 4.21 Å². The third-order valence-electron chi connectivity index (χ3n) is 3.26. The van der Waals surface area contributed by atoms with Gasteiger partial charge in [-0.1, -0.05) is 0 Å². The van der Waals surface area contributed by atoms with Gasteiger partial charge < -0.3 is 5.32 Å². The summed E-state index contributed by atoms with van der Waals surface area (Å²) in [6.07, 6.45) is 3.20. The van der Waals surface area contributed by atoms with Crippen LogP contribution in [0.1, 0.15) is 19.3 Å². The lowest BCUT2D eigenvalue weighted by Gasteiger charge is -2.32. The number of hydrogen-bond acceptors (Lipinski definition) is 3. The average Bonchev–Trinajstić information content (AvgIpc) is 2.57. The monoisotopic (exact) mass is 216 g/mol. The number of piperidine rings is 1. The van der Waals surface area contributed by atoms with E-state index in [1.165, 1.54) is 0 Å². The number of hydrogen-bond donors (Lipinski definition) is 1. The van der Waals surface area contributed by atoms with E-state index in [4.69, 9.17) is 4.84 Å². The fourth-order valence-electron chi connectivity index (χ4n) is 2.39. The number of hydroxylamine groups is 2. The summed E-state index contributed by atoms with van der Waals surface area (Å²) in [5.74, 6) is 0. The van der Waals surface area contributed by atoms with Gasteiger partial charge in [-0.15, -0.1) is 5.06 Å². The van der Waals surface area contributed by atoms with Gasteiger partial charge in [0.15, 0.2) is 0 Å². The molecule has 5 heteroatoms. The molecule has 2 saturated heterocycles. The van der Waals surface area contributed by atoms with Gasteiger partial charge >= 0.3 is 0 Å². The topological polar surface area (TPSA) is 41.6 Å². The molecule has 0 aromatic rings. The van der Waals surface area contributed by atoms with Crippen molar-refractivity contribution in [2.75, 3.05) is 26.7 Å². The van der Waals surface area contributed by atoms with Crippen LogP contribution in [-0.2, 0) is 16.1 Å². The molecular formula is C9H16N2O2S. The van der Waals surface area contributed by atoms with Gasteiger partial charge in [0.1, 0.15) is 16.2 Å². The van der Waals surface area contributed by atoms with Gasteiger partial charge in [0.05, 0.1) is 7.11 Å². The minimum absolute atomic E-state index is 0.300. The zero-order valence-electron chi connectivity index (χ0n) is 8.41. The lowest BCUT2D eigenvalue weighted by atomic mass is 9.78. The third kappa shape index (κ3) is 1.77. The number of rotatable bonds is 1. The van der Waals surface area contributed by atoms with Crippen LogP contribution in [0, 0.1) is 5.41 Å². The highest BCUT2D eigenvalue weighted by atomic mass is 32.1. The Kier molecular flexibility index (Phi) is 3.02. The number of nitrogens with one attached hydrogen (secondary N) is 1. The first kappa shape index (κ1) is 10.3. The smallest absolute Gasteiger partial charge is 0.114 e. The first-order valence-corrected chi connectivity index (χ1v) is 5.72. The Hall–Kier alpha value is -0.230. The average molecular weight is 216 g/mol. The Labute approximate surface area is 87.6 Å². The maximum atomic E-state index is 10.9. The van der Waals surface area contributed by atoms with Crippen molar-refractivity contribution in [3.63, 3.8) is 0 Å². The van der Waals surface area contributed by atoms with E-state index in [1.54, 1.807) is 12.2 Å². The molecule has 2 aliphatic rings. The Morgan fingerprint density at radius 2 is 2.21 bits per heavy atom. The van der Waals surface area contributed by atoms with Crippen LogP contribution in [0.2, 0.25) is 0 Å². The maximum absolute atomic E-state index is 10.9. The molecule has 4 nitrogen and oxygen atoms in total. The molecule has 0 aromatic carbocycles. The van der Waals surface area contributed by atoms with Crippen LogP contribution >= 0.6 is 0 Å². The van der Waals surface area contributed by atoms with Gasteiger partial charge in [-0.2, -0.15) is 0 Å². The van der Waals surface area contributed by atoms with E-state index in [0.717, 1.165) is 43.9 Å². The Bertz CT molecular complexity index is 270. The standard InChI is InChI=1S/C9H16N2O2S/c1-13-11-7-9(6-8(11)14-12)2-4-10-5-3-9/h10H,2-7H2,1H3. The summed E-state index contributed by atoms with van der Waals surface area (Å²) in [6.45, 7) is 3.01. The summed E-state index contributed by atoms with van der Waals surface area (Å²) in [7, 11) is 1.64. The molecule has 2 heterocycles. The SMILES string of the molecule is CON1CC2(CCNCC2)CC1=S=O. The highest BCUT2D eigenvalue weighted by Gasteiger charge is 2.42. The predicted molar refractivity (Wildman–Crippen MR) is 56.0 cm³/mol. The van der Waals surface area contributed by atoms with Crippen molar-refractivity contribution in [1.29, 1.82) is 0 Å². The van der Waals surface area contributed by atoms with E-state index in [1.807, 2.05) is 0 Å². The fourth-order valence-corrected chi connectivity index (χ4v) is 2.97. The quantitative estimate of drug-likeness (QED) is 0.625. The van der Waals surface area contributed by atoms with Crippen molar-refractivity contribution >= 4 is 16.2 Å². The zero-order chi connectivity index (χ0) is 10.0. The van der Waals surface area contributed by atoms with Crippen LogP contribution in [0.3, 0.4) is 0 Å². The summed E-state index contributed by atoms with van der Waals surface area (Å²) >= 11 is 0.580. The van der Waals surface area contributed by atoms with Crippen molar-refractivity contribution in [2.45, 2.75) is 19.3 Å². The molecule has 0 radical (unpaired) electrons. The first-order chi connectivity index (χ1) is 6.79. The normalized spacial score (nSPS) is 27.1. The second-order valence-electron chi connectivity index (χ2n) is 4.12. The number of nitrogens with zero attached hydrogens (tertiary/aromatic N) is 1. The summed E-state index contributed by atoms with van der Waals surface area (Å²) in [5, 5.41) is 5.11. The molecule has 1 N–H and O–H groups in total. The minimum Gasteiger partial charge on any atom is -0.317 e. The van der Waals surface area contributed by atoms with Crippen molar-refractivity contribution < 1.29 is 9.05 Å². The van der Waals surface area contributed by atoms with Crippen LogP contribution in [-0.4, -0.2) is 41.0 Å². The zero-order valence-corrected chi connectivity index (χ0v) is 9.23. The van der Waals surface area contributed by atoms with Gasteiger partial charge in [-0.3, -0.25) is 4.84 Å². The predicted octanol–water partition coefficient (Wildman–Crippen LogP) is -0.0338. The van der Waals surface area contributed by atoms with E-state index in [-0.39, 0.29) is 0 Å². The van der Waals surface area contributed by atoms with Gasteiger partial charge in [-0.05, 0) is 31.3 Å². The minimum atomic E-state index is 0.300. The second kappa shape index (κ2) is 4.10. The van der Waals surface area contributed by atoms with Crippen LogP contribution in [0.15, 0.2) is 0 Å². The maximum Gasteiger partial charge on any atom is 0.114 e. The van der Waals surface area contributed by atoms with Gasteiger partial charge in [0.2, 0.25) is 0 Å². The van der Waals surface area contributed by atoms with Crippen molar-refractivity contribution in [3.8, 4) is 0 Å². The summed E-state index contributed by atoms with van der Waals surface area (Å²) in [6, 6.07) is 0. The molecule has 0 bridgehead atoms. The highest BCUT2D eigenvalue weighted by Crippen LogP contribution is 2.39. The molecule has 2 aliphatic heterocycles. The third-order valence-corrected chi connectivity index (χ3v) is 3.80. The molecule has 14 heavy (non-hydrogen) atoms. The molecule has 0 aromatic heterocycles. The van der Waals surface area contributed by atoms with Crippen molar-refractivity contribution in [1.82, 2.24) is 10.4 Å². The van der Waals surface area contributed by atoms with Crippen molar-refractivity contribution in [2.24, 2.45) is 5.41 Å². The van der Waals surface area contributed by atoms with Gasteiger partial charge in [-0.25, -0.2) is 4.21 Å². The fraction of sp³-hybridized carbons (Fsp3) is 0.889. The van der Waals surface area contributed by atoms with E-state index >= 15 is 0 Å². The molecule has 2 fully saturated rings. The molecule has 1 spiro atoms. The lowest BCUT2D eigenvalue weighted by molar-refractivity contribution is -0.0715. The van der Waals surface area contributed by atoms with Crippen LogP contribution in [0.4, 0.5) is 0 Å². The summed E-state index contributed by atoms with van der Waals surface area (Å²) < 4.78 is 10.9. The molecule has 0 atom stereocenters. The largest absolute Gasteiger partial charge is 0.317 e. The molecule has 2 rings (SSSR count). The van der Waals surface area contributed by atoms with E-state index in [2.05, 4.69) is 5.32 Å². The first-order valence-electron chi connectivity index (χ1n) is 4.98. The molecule has 0 saturated carbocycles. The van der Waals surface area contributed by atoms with Crippen molar-refractivity contribution in [3.05, 3.63) is 0 Å². The second-order valence-corrected chi connectivity index (χ2v) is 4.76.